The van der Waals surface area contributed by atoms with Gasteiger partial charge in [0.1, 0.15) is 41.6 Å². The molecular formula is C55H59Cl2N11O8. The Kier molecular flexibility index (Phi) is 16.4. The number of nitriles is 1. The molecule has 6 heterocycles. The number of aromatic nitrogens is 2. The summed E-state index contributed by atoms with van der Waals surface area (Å²) in [5.74, 6) is -0.119. The van der Waals surface area contributed by atoms with Gasteiger partial charge in [-0.15, -0.1) is 0 Å². The molecule has 0 saturated carbocycles. The highest BCUT2D eigenvalue weighted by Gasteiger charge is 2.39. The van der Waals surface area contributed by atoms with Crippen LogP contribution in [0.1, 0.15) is 65.3 Å². The zero-order valence-corrected chi connectivity index (χ0v) is 44.1. The quantitative estimate of drug-likeness (QED) is 0.0764. The number of ether oxygens (including phenoxy) is 3. The highest BCUT2D eigenvalue weighted by Crippen LogP contribution is 2.39. The zero-order valence-electron chi connectivity index (χ0n) is 42.6. The van der Waals surface area contributed by atoms with E-state index >= 15 is 0 Å². The van der Waals surface area contributed by atoms with Crippen LogP contribution in [-0.2, 0) is 40.4 Å². The molecule has 0 bridgehead atoms. The van der Waals surface area contributed by atoms with Crippen LogP contribution in [-0.4, -0.2) is 133 Å². The van der Waals surface area contributed by atoms with Crippen molar-refractivity contribution in [1.82, 2.24) is 35.3 Å². The van der Waals surface area contributed by atoms with Crippen molar-refractivity contribution in [3.63, 3.8) is 0 Å². The summed E-state index contributed by atoms with van der Waals surface area (Å²) in [5.41, 5.74) is 5.51. The van der Waals surface area contributed by atoms with Gasteiger partial charge in [0.25, 0.3) is 11.8 Å². The van der Waals surface area contributed by atoms with Crippen LogP contribution in [0.25, 0.3) is 10.8 Å². The third-order valence-electron chi connectivity index (χ3n) is 14.4. The first-order valence-corrected chi connectivity index (χ1v) is 26.0. The lowest BCUT2D eigenvalue weighted by Gasteiger charge is -2.38. The molecule has 1 aromatic heterocycles. The van der Waals surface area contributed by atoms with Crippen LogP contribution in [0.2, 0.25) is 10.0 Å². The van der Waals surface area contributed by atoms with Crippen LogP contribution >= 0.6 is 23.2 Å². The van der Waals surface area contributed by atoms with Gasteiger partial charge in [0.05, 0.1) is 30.4 Å². The Morgan fingerprint density at radius 2 is 1.67 bits per heavy atom. The Hall–Kier alpha value is -7.66. The number of piperazine rings is 1. The smallest absolute Gasteiger partial charge is 0.319 e. The van der Waals surface area contributed by atoms with Gasteiger partial charge in [0.15, 0.2) is 0 Å². The molecule has 3 saturated heterocycles. The van der Waals surface area contributed by atoms with E-state index in [1.54, 1.807) is 29.2 Å². The van der Waals surface area contributed by atoms with Gasteiger partial charge in [-0.2, -0.15) is 15.2 Å². The summed E-state index contributed by atoms with van der Waals surface area (Å²) in [6.45, 7) is 10.4. The van der Waals surface area contributed by atoms with E-state index in [-0.39, 0.29) is 72.4 Å². The number of methoxy groups -OCH3 is 1. The number of hydrogen-bond donors (Lipinski definition) is 3. The van der Waals surface area contributed by atoms with Crippen molar-refractivity contribution in [1.29, 1.82) is 5.26 Å². The van der Waals surface area contributed by atoms with Crippen LogP contribution in [0.3, 0.4) is 0 Å². The number of hydrogen-bond acceptors (Lipinski definition) is 14. The summed E-state index contributed by atoms with van der Waals surface area (Å²) >= 11 is 13.4. The highest BCUT2D eigenvalue weighted by atomic mass is 35.5. The van der Waals surface area contributed by atoms with E-state index in [1.807, 2.05) is 18.2 Å². The first kappa shape index (κ1) is 53.2. The fourth-order valence-corrected chi connectivity index (χ4v) is 10.9. The Morgan fingerprint density at radius 1 is 0.908 bits per heavy atom. The number of anilines is 3. The summed E-state index contributed by atoms with van der Waals surface area (Å²) in [5, 5.41) is 18.2. The minimum absolute atomic E-state index is 0.131. The first-order chi connectivity index (χ1) is 36.7. The van der Waals surface area contributed by atoms with Gasteiger partial charge in [-0.1, -0.05) is 66.2 Å². The topological polar surface area (TPSA) is 215 Å². The fourth-order valence-electron chi connectivity index (χ4n) is 10.4. The molecule has 396 valence electrons. The Labute approximate surface area is 450 Å². The molecule has 4 aromatic carbocycles. The Bertz CT molecular complexity index is 3140. The number of amides is 6. The Balaban J connectivity index is 0.00000230. The summed E-state index contributed by atoms with van der Waals surface area (Å²) in [6, 6.07) is 21.7. The minimum atomic E-state index is -0.722. The van der Waals surface area contributed by atoms with Crippen molar-refractivity contribution in [2.24, 2.45) is 0 Å². The van der Waals surface area contributed by atoms with Gasteiger partial charge in [-0.05, 0) is 74.0 Å². The zero-order chi connectivity index (χ0) is 53.6. The van der Waals surface area contributed by atoms with Crippen molar-refractivity contribution in [3.05, 3.63) is 117 Å². The summed E-state index contributed by atoms with van der Waals surface area (Å²) in [4.78, 5) is 84.4. The monoisotopic (exact) mass is 1070 g/mol. The van der Waals surface area contributed by atoms with E-state index in [1.165, 1.54) is 25.0 Å². The van der Waals surface area contributed by atoms with Crippen LogP contribution in [0, 0.1) is 11.3 Å². The molecule has 5 aliphatic heterocycles. The largest absolute Gasteiger partial charge is 0.495 e. The third kappa shape index (κ3) is 11.6. The third-order valence-corrected chi connectivity index (χ3v) is 15.1. The van der Waals surface area contributed by atoms with E-state index in [2.05, 4.69) is 68.5 Å². The second-order valence-corrected chi connectivity index (χ2v) is 20.0. The molecular weight excluding hydrogens is 1010 g/mol. The summed E-state index contributed by atoms with van der Waals surface area (Å²) < 4.78 is 17.9. The molecule has 6 amide bonds. The molecule has 2 atom stereocenters. The number of nitrogens with one attached hydrogen (secondary N) is 3. The molecule has 0 aliphatic carbocycles. The van der Waals surface area contributed by atoms with Crippen LogP contribution in [0.4, 0.5) is 22.0 Å². The van der Waals surface area contributed by atoms with E-state index in [0.717, 1.165) is 70.6 Å². The van der Waals surface area contributed by atoms with E-state index in [9.17, 15) is 24.0 Å². The van der Waals surface area contributed by atoms with Crippen molar-refractivity contribution >= 4 is 80.8 Å². The maximum atomic E-state index is 13.9. The van der Waals surface area contributed by atoms with Crippen molar-refractivity contribution < 1.29 is 38.2 Å². The summed E-state index contributed by atoms with van der Waals surface area (Å²) in [7, 11) is 3.56. The van der Waals surface area contributed by atoms with Crippen LogP contribution in [0.15, 0.2) is 78.9 Å². The number of likely N-dealkylation sites (N-methyl/N-ethyl adjacent to an activating group) is 1. The number of urea groups is 1. The SMILES string of the molecule is C=C(COc1cc(NC(=O)NCc2ccc3c(c2)CN(C2CCC(=O)NC2=O)C3=O)cc(OC)c1Cl)C(=O)N1CCN(c2nc(OCC3CCCN3C)nc3c2CCN(c2cccc4cccc(Cl)c24)C3)CC1.CC#N. The van der Waals surface area contributed by atoms with E-state index in [4.69, 9.17) is 52.6 Å². The van der Waals surface area contributed by atoms with Gasteiger partial charge >= 0.3 is 12.0 Å². The van der Waals surface area contributed by atoms with Gasteiger partial charge in [0.2, 0.25) is 11.8 Å². The normalized spacial score (nSPS) is 18.2. The van der Waals surface area contributed by atoms with Crippen LogP contribution in [0.5, 0.6) is 17.5 Å². The number of carbonyl (C=O) groups is 5. The van der Waals surface area contributed by atoms with Gasteiger partial charge in [0, 0.05) is 111 Å². The number of benzene rings is 4. The van der Waals surface area contributed by atoms with E-state index < -0.39 is 18.0 Å². The number of fused-ring (bicyclic) bond motifs is 3. The highest BCUT2D eigenvalue weighted by molar-refractivity contribution is 6.36. The lowest BCUT2D eigenvalue weighted by atomic mass is 10.0. The molecule has 3 fully saturated rings. The number of piperidine rings is 1. The van der Waals surface area contributed by atoms with Crippen molar-refractivity contribution in [2.75, 3.05) is 81.8 Å². The maximum absolute atomic E-state index is 13.9. The first-order valence-electron chi connectivity index (χ1n) is 25.2. The number of halogens is 2. The average Bonchev–Trinajstić information content (AvgIpc) is 4.00. The predicted molar refractivity (Wildman–Crippen MR) is 288 cm³/mol. The molecule has 19 nitrogen and oxygen atoms in total. The number of rotatable bonds is 14. The van der Waals surface area contributed by atoms with Gasteiger partial charge in [-0.25, -0.2) is 4.79 Å². The number of carbonyl (C=O) groups excluding carboxylic acids is 5. The molecule has 3 N–H and O–H groups in total. The predicted octanol–water partition coefficient (Wildman–Crippen LogP) is 6.88. The van der Waals surface area contributed by atoms with E-state index in [0.29, 0.717) is 74.1 Å². The molecule has 76 heavy (non-hydrogen) atoms. The molecule has 0 radical (unpaired) electrons. The average molecular weight is 1070 g/mol. The number of nitrogens with zero attached hydrogens (tertiary/aromatic N) is 8. The molecule has 5 aromatic rings. The lowest BCUT2D eigenvalue weighted by molar-refractivity contribution is -0.137. The maximum Gasteiger partial charge on any atom is 0.319 e. The minimum Gasteiger partial charge on any atom is -0.495 e. The number of likely N-dealkylation sites (tertiary alicyclic amines) is 1. The fraction of sp³-hybridized carbons (Fsp3) is 0.382. The number of imide groups is 1. The lowest BCUT2D eigenvalue weighted by Crippen LogP contribution is -2.52. The van der Waals surface area contributed by atoms with Crippen LogP contribution < -0.4 is 40.0 Å². The molecule has 21 heteroatoms. The van der Waals surface area contributed by atoms with Crippen molar-refractivity contribution in [3.8, 4) is 23.6 Å². The molecule has 10 rings (SSSR count). The second-order valence-electron chi connectivity index (χ2n) is 19.2. The van der Waals surface area contributed by atoms with Crippen molar-refractivity contribution in [2.45, 2.75) is 70.7 Å². The molecule has 5 aliphatic rings. The van der Waals surface area contributed by atoms with Gasteiger partial charge in [-0.3, -0.25) is 24.5 Å². The second kappa shape index (κ2) is 23.5. The molecule has 2 unspecified atom stereocenters. The van der Waals surface area contributed by atoms with Gasteiger partial charge < -0.3 is 49.3 Å². The standard InChI is InChI=1S/C53H56Cl2N10O8.C2H3N/c1-31(29-72-44-25-35(24-43(71-3)47(44)55)57-52(70)56-26-32-12-13-37-34(23-32)27-65(51(37)69)42-14-15-45(66)59-49(42)67)50(68)63-21-19-62(20-22-63)48-38-16-18-64(41-11-5-8-33-7-4-10-39(54)46(33)41)28-40(38)58-53(60-48)73-30-36-9-6-17-61(36)2;1-2-3/h4-5,7-8,10-13,23-25,36,42H,1,6,9,14-22,26-30H2,2-3H3,(H2,56,57,70)(H,59,66,67);1H3. The molecule has 0 spiro atoms. The Morgan fingerprint density at radius 3 is 2.41 bits per heavy atom. The summed E-state index contributed by atoms with van der Waals surface area (Å²) in [6.07, 6.45) is 3.34.